The van der Waals surface area contributed by atoms with Gasteiger partial charge in [-0.1, -0.05) is 6.92 Å². The van der Waals surface area contributed by atoms with Crippen molar-refractivity contribution in [3.8, 4) is 0 Å². The molecule has 0 aromatic carbocycles. The van der Waals surface area contributed by atoms with Gasteiger partial charge in [-0.25, -0.2) is 0 Å². The number of nitrogens with one attached hydrogen (secondary N) is 2. The zero-order valence-corrected chi connectivity index (χ0v) is 19.3. The van der Waals surface area contributed by atoms with Crippen LogP contribution in [0.2, 0.25) is 0 Å². The first-order valence-electron chi connectivity index (χ1n) is 11.8. The van der Waals surface area contributed by atoms with Crippen LogP contribution in [-0.2, 0) is 23.9 Å². The Balaban J connectivity index is 1.60. The first kappa shape index (κ1) is 23.4. The third-order valence-corrected chi connectivity index (χ3v) is 7.97. The van der Waals surface area contributed by atoms with Gasteiger partial charge in [0, 0.05) is 33.2 Å². The van der Waals surface area contributed by atoms with Crippen LogP contribution < -0.4 is 10.6 Å². The lowest BCUT2D eigenvalue weighted by atomic mass is 9.65. The molecule has 4 heterocycles. The van der Waals surface area contributed by atoms with Gasteiger partial charge in [-0.3, -0.25) is 19.3 Å². The SMILES string of the molecule is CC[C@@]12CCC3(O1)C(C(=O)NCCN1CCOCC1)N([C@H](C)CO)C(=O)[C@@H]3[C@@H]2C(=O)NC. The summed E-state index contributed by atoms with van der Waals surface area (Å²) in [6.45, 7) is 7.59. The summed E-state index contributed by atoms with van der Waals surface area (Å²) in [5, 5.41) is 15.5. The number of fused-ring (bicyclic) bond motifs is 1. The Kier molecular flexibility index (Phi) is 6.50. The van der Waals surface area contributed by atoms with Crippen LogP contribution in [0.25, 0.3) is 0 Å². The van der Waals surface area contributed by atoms with E-state index in [1.807, 2.05) is 6.92 Å². The Morgan fingerprint density at radius 1 is 1.25 bits per heavy atom. The van der Waals surface area contributed by atoms with Crippen LogP contribution in [0.1, 0.15) is 33.1 Å². The number of likely N-dealkylation sites (tertiary alicyclic amines) is 1. The molecule has 10 heteroatoms. The molecule has 0 radical (unpaired) electrons. The maximum absolute atomic E-state index is 13.6. The van der Waals surface area contributed by atoms with E-state index in [2.05, 4.69) is 15.5 Å². The monoisotopic (exact) mass is 452 g/mol. The third kappa shape index (κ3) is 3.43. The second-order valence-electron chi connectivity index (χ2n) is 9.47. The predicted molar refractivity (Wildman–Crippen MR) is 115 cm³/mol. The normalized spacial score (nSPS) is 37.4. The number of rotatable bonds is 8. The number of morpholine rings is 1. The number of aliphatic hydroxyl groups is 1. The molecule has 2 bridgehead atoms. The largest absolute Gasteiger partial charge is 0.394 e. The standard InChI is InChI=1S/C22H36N4O6/c1-4-21-5-6-22(32-21)16(15(21)18(28)23-3)20(30)26(14(2)13-27)17(22)19(29)24-7-8-25-9-11-31-12-10-25/h14-17,27H,4-13H2,1-3H3,(H,23,28)(H,24,29)/t14-,15-,16+,17?,21+,22?/m1/s1. The van der Waals surface area contributed by atoms with Gasteiger partial charge in [-0.15, -0.1) is 0 Å². The van der Waals surface area contributed by atoms with Crippen LogP contribution in [0.4, 0.5) is 0 Å². The summed E-state index contributed by atoms with van der Waals surface area (Å²) in [6, 6.07) is -1.42. The molecule has 4 saturated heterocycles. The fraction of sp³-hybridized carbons (Fsp3) is 0.864. The van der Waals surface area contributed by atoms with E-state index in [4.69, 9.17) is 9.47 Å². The summed E-state index contributed by atoms with van der Waals surface area (Å²) in [6.07, 6.45) is 1.77. The van der Waals surface area contributed by atoms with E-state index in [-0.39, 0.29) is 24.3 Å². The van der Waals surface area contributed by atoms with E-state index in [0.29, 0.717) is 45.6 Å². The molecule has 4 aliphatic rings. The molecule has 0 saturated carbocycles. The minimum Gasteiger partial charge on any atom is -0.394 e. The van der Waals surface area contributed by atoms with Crippen molar-refractivity contribution in [1.29, 1.82) is 0 Å². The number of aliphatic hydroxyl groups excluding tert-OH is 1. The molecule has 1 spiro atoms. The van der Waals surface area contributed by atoms with Crippen molar-refractivity contribution < 1.29 is 29.0 Å². The molecule has 0 aromatic heterocycles. The minimum absolute atomic E-state index is 0.225. The average molecular weight is 453 g/mol. The van der Waals surface area contributed by atoms with Crippen molar-refractivity contribution in [3.05, 3.63) is 0 Å². The first-order chi connectivity index (χ1) is 15.3. The van der Waals surface area contributed by atoms with Crippen molar-refractivity contribution in [1.82, 2.24) is 20.4 Å². The van der Waals surface area contributed by atoms with E-state index in [1.54, 1.807) is 14.0 Å². The predicted octanol–water partition coefficient (Wildman–Crippen LogP) is -1.28. The Hall–Kier alpha value is -1.75. The molecule has 3 N–H and O–H groups in total. The van der Waals surface area contributed by atoms with Crippen LogP contribution in [0.3, 0.4) is 0 Å². The quantitative estimate of drug-likeness (QED) is 0.419. The smallest absolute Gasteiger partial charge is 0.245 e. The maximum atomic E-state index is 13.6. The number of nitrogens with zero attached hydrogens (tertiary/aromatic N) is 2. The second-order valence-corrected chi connectivity index (χ2v) is 9.47. The van der Waals surface area contributed by atoms with Gasteiger partial charge in [0.05, 0.1) is 43.3 Å². The molecule has 4 rings (SSSR count). The van der Waals surface area contributed by atoms with Gasteiger partial charge >= 0.3 is 0 Å². The lowest BCUT2D eigenvalue weighted by Gasteiger charge is -2.36. The molecule has 0 aliphatic carbocycles. The summed E-state index contributed by atoms with van der Waals surface area (Å²) in [7, 11) is 1.56. The molecular weight excluding hydrogens is 416 g/mol. The van der Waals surface area contributed by atoms with Gasteiger partial charge in [0.2, 0.25) is 17.7 Å². The van der Waals surface area contributed by atoms with E-state index in [0.717, 1.165) is 13.1 Å². The highest BCUT2D eigenvalue weighted by atomic mass is 16.5. The molecule has 4 aliphatic heterocycles. The van der Waals surface area contributed by atoms with Crippen molar-refractivity contribution >= 4 is 17.7 Å². The highest BCUT2D eigenvalue weighted by Crippen LogP contribution is 2.64. The Morgan fingerprint density at radius 2 is 1.97 bits per heavy atom. The first-order valence-corrected chi connectivity index (χ1v) is 11.8. The highest BCUT2D eigenvalue weighted by Gasteiger charge is 2.78. The average Bonchev–Trinajstić information content (AvgIpc) is 3.42. The lowest BCUT2D eigenvalue weighted by molar-refractivity contribution is -0.150. The van der Waals surface area contributed by atoms with Crippen molar-refractivity contribution in [3.63, 3.8) is 0 Å². The third-order valence-electron chi connectivity index (χ3n) is 7.97. The maximum Gasteiger partial charge on any atom is 0.245 e. The van der Waals surface area contributed by atoms with Crippen molar-refractivity contribution in [2.45, 2.75) is 56.4 Å². The number of amides is 3. The zero-order valence-electron chi connectivity index (χ0n) is 19.3. The van der Waals surface area contributed by atoms with E-state index in [1.165, 1.54) is 4.90 Å². The summed E-state index contributed by atoms with van der Waals surface area (Å²) >= 11 is 0. The molecule has 3 amide bonds. The van der Waals surface area contributed by atoms with Crippen LogP contribution in [0.5, 0.6) is 0 Å². The number of carbonyl (C=O) groups is 3. The molecular formula is C22H36N4O6. The second kappa shape index (κ2) is 8.89. The fourth-order valence-electron chi connectivity index (χ4n) is 6.33. The number of carbonyl (C=O) groups excluding carboxylic acids is 3. The van der Waals surface area contributed by atoms with Crippen molar-refractivity contribution in [2.24, 2.45) is 11.8 Å². The van der Waals surface area contributed by atoms with Gasteiger partial charge in [0.25, 0.3) is 0 Å². The summed E-state index contributed by atoms with van der Waals surface area (Å²) < 4.78 is 12.0. The Labute approximate surface area is 189 Å². The Morgan fingerprint density at radius 3 is 2.59 bits per heavy atom. The molecule has 2 unspecified atom stereocenters. The number of ether oxygens (including phenoxy) is 2. The van der Waals surface area contributed by atoms with Crippen LogP contribution in [0.15, 0.2) is 0 Å². The summed E-state index contributed by atoms with van der Waals surface area (Å²) in [5.74, 6) is -2.14. The van der Waals surface area contributed by atoms with E-state index < -0.39 is 35.1 Å². The van der Waals surface area contributed by atoms with Crippen LogP contribution >= 0.6 is 0 Å². The fourth-order valence-corrected chi connectivity index (χ4v) is 6.33. The molecule has 180 valence electrons. The van der Waals surface area contributed by atoms with Gasteiger partial charge in [0.1, 0.15) is 11.6 Å². The number of hydrogen-bond acceptors (Lipinski definition) is 7. The molecule has 10 nitrogen and oxygen atoms in total. The van der Waals surface area contributed by atoms with Crippen molar-refractivity contribution in [2.75, 3.05) is 53.0 Å². The lowest BCUT2D eigenvalue weighted by Crippen LogP contribution is -2.58. The van der Waals surface area contributed by atoms with Gasteiger partial charge < -0.3 is 30.1 Å². The molecule has 0 aromatic rings. The summed E-state index contributed by atoms with van der Waals surface area (Å²) in [4.78, 5) is 43.8. The molecule has 4 fully saturated rings. The topological polar surface area (TPSA) is 120 Å². The van der Waals surface area contributed by atoms with E-state index in [9.17, 15) is 19.5 Å². The van der Waals surface area contributed by atoms with Gasteiger partial charge in [-0.2, -0.15) is 0 Å². The van der Waals surface area contributed by atoms with Crippen LogP contribution in [-0.4, -0.2) is 109 Å². The number of hydrogen-bond donors (Lipinski definition) is 3. The Bertz CT molecular complexity index is 759. The highest BCUT2D eigenvalue weighted by molar-refractivity contribution is 5.99. The van der Waals surface area contributed by atoms with E-state index >= 15 is 0 Å². The van der Waals surface area contributed by atoms with Gasteiger partial charge in [0.15, 0.2) is 0 Å². The minimum atomic E-state index is -1.04. The zero-order chi connectivity index (χ0) is 23.1. The molecule has 32 heavy (non-hydrogen) atoms. The summed E-state index contributed by atoms with van der Waals surface area (Å²) in [5.41, 5.74) is -1.78. The molecule has 6 atom stereocenters. The van der Waals surface area contributed by atoms with Crippen LogP contribution in [0, 0.1) is 11.8 Å². The van der Waals surface area contributed by atoms with Gasteiger partial charge in [-0.05, 0) is 26.2 Å².